The lowest BCUT2D eigenvalue weighted by Crippen LogP contribution is -2.22. The Hall–Kier alpha value is -1.59. The second-order valence-electron chi connectivity index (χ2n) is 7.42. The van der Waals surface area contributed by atoms with E-state index < -0.39 is 8.07 Å². The third-order valence-electron chi connectivity index (χ3n) is 3.77. The van der Waals surface area contributed by atoms with Crippen LogP contribution in [-0.2, 0) is 0 Å². The normalized spacial score (nSPS) is 12.1. The molecule has 24 heavy (non-hydrogen) atoms. The Morgan fingerprint density at radius 1 is 1.25 bits per heavy atom. The number of phenols is 1. The van der Waals surface area contributed by atoms with E-state index in [1.165, 1.54) is 4.90 Å². The summed E-state index contributed by atoms with van der Waals surface area (Å²) in [6, 6.07) is 8.67. The molecule has 0 heterocycles. The molecule has 0 radical (unpaired) electrons. The third kappa shape index (κ3) is 4.27. The van der Waals surface area contributed by atoms with Gasteiger partial charge in [-0.2, -0.15) is 0 Å². The fourth-order valence-corrected chi connectivity index (χ4v) is 3.70. The minimum atomic E-state index is -1.21. The van der Waals surface area contributed by atoms with Crippen molar-refractivity contribution in [3.05, 3.63) is 45.9 Å². The number of rotatable bonds is 4. The number of nitrogens with zero attached hydrogens (tertiary/aromatic N) is 1. The Morgan fingerprint density at radius 3 is 2.50 bits per heavy atom. The zero-order chi connectivity index (χ0) is 18.1. The maximum atomic E-state index is 12.4. The standard InChI is InChI=1S/C19H24BrNO2Si/c1-21(2)19(23)17-12-13-11-14(20)8-9-15(13)16(18(17)22)7-6-10-24(3,4)5/h6-9,11-12,22H,10H2,1-5H3/b7-6-. The van der Waals surface area contributed by atoms with Gasteiger partial charge in [-0.3, -0.25) is 4.79 Å². The summed E-state index contributed by atoms with van der Waals surface area (Å²) >= 11 is 3.47. The van der Waals surface area contributed by atoms with Gasteiger partial charge in [0.1, 0.15) is 5.75 Å². The summed E-state index contributed by atoms with van der Waals surface area (Å²) in [5.74, 6) is -0.149. The first-order valence-corrected chi connectivity index (χ1v) is 12.4. The summed E-state index contributed by atoms with van der Waals surface area (Å²) in [6.45, 7) is 6.91. The average molecular weight is 406 g/mol. The molecular formula is C19H24BrNO2Si. The van der Waals surface area contributed by atoms with Crippen LogP contribution in [0.4, 0.5) is 0 Å². The molecule has 0 aliphatic rings. The molecule has 5 heteroatoms. The van der Waals surface area contributed by atoms with E-state index in [0.717, 1.165) is 21.3 Å². The summed E-state index contributed by atoms with van der Waals surface area (Å²) in [7, 11) is 2.17. The molecule has 0 fully saturated rings. The van der Waals surface area contributed by atoms with Crippen LogP contribution in [0.15, 0.2) is 34.8 Å². The van der Waals surface area contributed by atoms with Crippen LogP contribution in [0.1, 0.15) is 15.9 Å². The zero-order valence-corrected chi connectivity index (χ0v) is 17.4. The highest BCUT2D eigenvalue weighted by Gasteiger charge is 2.18. The van der Waals surface area contributed by atoms with Crippen LogP contribution in [0.25, 0.3) is 16.8 Å². The fourth-order valence-electron chi connectivity index (χ4n) is 2.50. The quantitative estimate of drug-likeness (QED) is 0.695. The molecule has 0 spiro atoms. The summed E-state index contributed by atoms with van der Waals surface area (Å²) < 4.78 is 0.945. The highest BCUT2D eigenvalue weighted by Crippen LogP contribution is 2.34. The molecule has 0 saturated carbocycles. The summed E-state index contributed by atoms with van der Waals surface area (Å²) in [5, 5.41) is 12.6. The molecule has 128 valence electrons. The van der Waals surface area contributed by atoms with Crippen LogP contribution in [0.3, 0.4) is 0 Å². The van der Waals surface area contributed by atoms with Crippen LogP contribution < -0.4 is 0 Å². The number of hydrogen-bond acceptors (Lipinski definition) is 2. The minimum Gasteiger partial charge on any atom is -0.506 e. The van der Waals surface area contributed by atoms with E-state index >= 15 is 0 Å². The van der Waals surface area contributed by atoms with Crippen molar-refractivity contribution in [1.82, 2.24) is 4.90 Å². The third-order valence-corrected chi connectivity index (χ3v) is 5.72. The van der Waals surface area contributed by atoms with Gasteiger partial charge in [0.25, 0.3) is 5.91 Å². The molecule has 0 saturated heterocycles. The summed E-state index contributed by atoms with van der Waals surface area (Å²) in [4.78, 5) is 13.9. The van der Waals surface area contributed by atoms with Gasteiger partial charge in [-0.25, -0.2) is 0 Å². The molecular weight excluding hydrogens is 382 g/mol. The van der Waals surface area contributed by atoms with E-state index in [-0.39, 0.29) is 11.7 Å². The highest BCUT2D eigenvalue weighted by atomic mass is 79.9. The molecule has 0 aliphatic heterocycles. The first kappa shape index (κ1) is 18.7. The summed E-state index contributed by atoms with van der Waals surface area (Å²) in [5.41, 5.74) is 1.04. The first-order chi connectivity index (χ1) is 11.1. The number of benzene rings is 2. The smallest absolute Gasteiger partial charge is 0.257 e. The van der Waals surface area contributed by atoms with Crippen LogP contribution in [-0.4, -0.2) is 38.1 Å². The molecule has 3 nitrogen and oxygen atoms in total. The second-order valence-corrected chi connectivity index (χ2v) is 13.9. The molecule has 0 bridgehead atoms. The van der Waals surface area contributed by atoms with Gasteiger partial charge in [0.2, 0.25) is 0 Å². The van der Waals surface area contributed by atoms with Crippen molar-refractivity contribution in [2.24, 2.45) is 0 Å². The first-order valence-electron chi connectivity index (χ1n) is 7.93. The molecule has 2 rings (SSSR count). The highest BCUT2D eigenvalue weighted by molar-refractivity contribution is 9.10. The van der Waals surface area contributed by atoms with Crippen LogP contribution in [0.5, 0.6) is 5.75 Å². The number of carbonyl (C=O) groups excluding carboxylic acids is 1. The van der Waals surface area contributed by atoms with E-state index in [2.05, 4.69) is 41.6 Å². The minimum absolute atomic E-state index is 0.0512. The molecule has 0 unspecified atom stereocenters. The van der Waals surface area contributed by atoms with Gasteiger partial charge in [0.15, 0.2) is 0 Å². The molecule has 1 amide bonds. The average Bonchev–Trinajstić information content (AvgIpc) is 2.47. The van der Waals surface area contributed by atoms with E-state index in [4.69, 9.17) is 0 Å². The van der Waals surface area contributed by atoms with Gasteiger partial charge < -0.3 is 10.0 Å². The number of carbonyl (C=O) groups is 1. The van der Waals surface area contributed by atoms with Gasteiger partial charge in [0.05, 0.1) is 5.56 Å². The molecule has 0 aliphatic carbocycles. The van der Waals surface area contributed by atoms with Gasteiger partial charge >= 0.3 is 0 Å². The van der Waals surface area contributed by atoms with Crippen molar-refractivity contribution >= 4 is 46.8 Å². The van der Waals surface area contributed by atoms with Crippen molar-refractivity contribution in [1.29, 1.82) is 0 Å². The SMILES string of the molecule is CN(C)C(=O)c1cc2cc(Br)ccc2c(/C=C\C[Si](C)(C)C)c1O. The molecule has 0 aromatic heterocycles. The maximum Gasteiger partial charge on any atom is 0.257 e. The van der Waals surface area contributed by atoms with Crippen LogP contribution in [0, 0.1) is 0 Å². The number of fused-ring (bicyclic) bond motifs is 1. The van der Waals surface area contributed by atoms with Gasteiger partial charge in [0, 0.05) is 32.2 Å². The van der Waals surface area contributed by atoms with E-state index in [1.807, 2.05) is 24.3 Å². The number of phenolic OH excluding ortho intramolecular Hbond substituents is 1. The van der Waals surface area contributed by atoms with E-state index in [0.29, 0.717) is 11.1 Å². The Morgan fingerprint density at radius 2 is 1.92 bits per heavy atom. The summed E-state index contributed by atoms with van der Waals surface area (Å²) in [6.07, 6.45) is 4.07. The lowest BCUT2D eigenvalue weighted by molar-refractivity contribution is 0.0825. The molecule has 2 aromatic carbocycles. The predicted octanol–water partition coefficient (Wildman–Crippen LogP) is 5.36. The second kappa shape index (κ2) is 7.11. The topological polar surface area (TPSA) is 40.5 Å². The maximum absolute atomic E-state index is 12.4. The largest absolute Gasteiger partial charge is 0.506 e. The van der Waals surface area contributed by atoms with Gasteiger partial charge in [-0.15, -0.1) is 0 Å². The van der Waals surface area contributed by atoms with Crippen molar-refractivity contribution in [2.75, 3.05) is 14.1 Å². The number of aromatic hydroxyl groups is 1. The Balaban J connectivity index is 2.66. The van der Waals surface area contributed by atoms with E-state index in [9.17, 15) is 9.90 Å². The van der Waals surface area contributed by atoms with Crippen molar-refractivity contribution in [3.8, 4) is 5.75 Å². The predicted molar refractivity (Wildman–Crippen MR) is 109 cm³/mol. The van der Waals surface area contributed by atoms with Crippen LogP contribution in [0.2, 0.25) is 25.7 Å². The Bertz CT molecular complexity index is 807. The lowest BCUT2D eigenvalue weighted by Gasteiger charge is -2.16. The Labute approximate surface area is 153 Å². The molecule has 1 N–H and O–H groups in total. The molecule has 0 atom stereocenters. The van der Waals surface area contributed by atoms with Crippen molar-refractivity contribution in [3.63, 3.8) is 0 Å². The van der Waals surface area contributed by atoms with Crippen LogP contribution >= 0.6 is 15.9 Å². The number of amides is 1. The monoisotopic (exact) mass is 405 g/mol. The Kier molecular flexibility index (Phi) is 5.55. The number of allylic oxidation sites excluding steroid dienone is 1. The number of hydrogen-bond donors (Lipinski definition) is 1. The van der Waals surface area contributed by atoms with E-state index in [1.54, 1.807) is 20.2 Å². The van der Waals surface area contributed by atoms with Gasteiger partial charge in [-0.05, 0) is 35.0 Å². The van der Waals surface area contributed by atoms with Crippen molar-refractivity contribution in [2.45, 2.75) is 25.7 Å². The number of halogens is 1. The van der Waals surface area contributed by atoms with Crippen molar-refractivity contribution < 1.29 is 9.90 Å². The molecule has 2 aromatic rings. The fraction of sp³-hybridized carbons (Fsp3) is 0.316. The van der Waals surface area contributed by atoms with Gasteiger partial charge in [-0.1, -0.05) is 53.8 Å². The lowest BCUT2D eigenvalue weighted by atomic mass is 9.98. The zero-order valence-electron chi connectivity index (χ0n) is 14.9.